The van der Waals surface area contributed by atoms with Crippen LogP contribution in [0.4, 0.5) is 0 Å². The second-order valence-corrected chi connectivity index (χ2v) is 6.97. The molecule has 0 amide bonds. The van der Waals surface area contributed by atoms with Gasteiger partial charge >= 0.3 is 11.9 Å². The number of carboxylic acids is 2. The normalized spacial score (nSPS) is 10.8. The Kier molecular flexibility index (Phi) is 5.64. The van der Waals surface area contributed by atoms with E-state index in [0.717, 1.165) is 41.8 Å². The lowest BCUT2D eigenvalue weighted by atomic mass is 10.0. The first kappa shape index (κ1) is 19.4. The quantitative estimate of drug-likeness (QED) is 0.627. The van der Waals surface area contributed by atoms with Crippen molar-refractivity contribution >= 4 is 11.9 Å². The standard InChI is InChI=1S/C23H23NO4/c1-15-9-10-16(2)24(15)21-14-18(11-12-20(21)23(27)28)6-3-5-17-7-4-8-19(13-17)22(25)26/h4,7-14H,3,5-6H2,1-2H3,(H,25,26)(H,27,28). The van der Waals surface area contributed by atoms with Gasteiger partial charge in [-0.05, 0) is 80.6 Å². The van der Waals surface area contributed by atoms with E-state index in [0.29, 0.717) is 11.3 Å². The minimum absolute atomic E-state index is 0.278. The molecule has 0 saturated heterocycles. The van der Waals surface area contributed by atoms with Crippen LogP contribution in [0, 0.1) is 13.8 Å². The molecule has 0 aliphatic rings. The summed E-state index contributed by atoms with van der Waals surface area (Å²) in [6, 6.07) is 16.4. The van der Waals surface area contributed by atoms with E-state index in [2.05, 4.69) is 0 Å². The summed E-state index contributed by atoms with van der Waals surface area (Å²) >= 11 is 0. The lowest BCUT2D eigenvalue weighted by molar-refractivity contribution is 0.0686. The van der Waals surface area contributed by atoms with Crippen LogP contribution < -0.4 is 0 Å². The molecule has 0 saturated carbocycles. The molecule has 2 N–H and O–H groups in total. The van der Waals surface area contributed by atoms with Gasteiger partial charge in [0, 0.05) is 11.4 Å². The maximum absolute atomic E-state index is 11.7. The molecule has 3 aromatic rings. The van der Waals surface area contributed by atoms with Crippen LogP contribution in [-0.2, 0) is 12.8 Å². The Bertz CT molecular complexity index is 1010. The predicted octanol–water partition coefficient (Wildman–Crippen LogP) is 4.67. The molecular formula is C23H23NO4. The van der Waals surface area contributed by atoms with Crippen molar-refractivity contribution in [1.29, 1.82) is 0 Å². The summed E-state index contributed by atoms with van der Waals surface area (Å²) < 4.78 is 1.96. The summed E-state index contributed by atoms with van der Waals surface area (Å²) in [5.74, 6) is -1.87. The number of hydrogen-bond donors (Lipinski definition) is 2. The zero-order chi connectivity index (χ0) is 20.3. The number of nitrogens with zero attached hydrogens (tertiary/aromatic N) is 1. The molecule has 0 unspecified atom stereocenters. The molecule has 0 atom stereocenters. The zero-order valence-electron chi connectivity index (χ0n) is 16.0. The van der Waals surface area contributed by atoms with Gasteiger partial charge < -0.3 is 14.8 Å². The molecular weight excluding hydrogens is 354 g/mol. The van der Waals surface area contributed by atoms with Gasteiger partial charge in [-0.25, -0.2) is 9.59 Å². The predicted molar refractivity (Wildman–Crippen MR) is 108 cm³/mol. The molecule has 0 aliphatic carbocycles. The highest BCUT2D eigenvalue weighted by atomic mass is 16.4. The van der Waals surface area contributed by atoms with E-state index in [4.69, 9.17) is 5.11 Å². The maximum Gasteiger partial charge on any atom is 0.337 e. The van der Waals surface area contributed by atoms with Crippen LogP contribution in [0.3, 0.4) is 0 Å². The fourth-order valence-electron chi connectivity index (χ4n) is 3.50. The number of rotatable bonds is 7. The van der Waals surface area contributed by atoms with Crippen molar-refractivity contribution in [2.75, 3.05) is 0 Å². The first-order valence-electron chi connectivity index (χ1n) is 9.20. The van der Waals surface area contributed by atoms with Gasteiger partial charge in [0.1, 0.15) is 0 Å². The number of hydrogen-bond acceptors (Lipinski definition) is 2. The van der Waals surface area contributed by atoms with E-state index in [1.165, 1.54) is 0 Å². The lowest BCUT2D eigenvalue weighted by Gasteiger charge is -2.14. The van der Waals surface area contributed by atoms with Crippen LogP contribution in [0.1, 0.15) is 49.7 Å². The van der Waals surface area contributed by atoms with E-state index in [9.17, 15) is 14.7 Å². The van der Waals surface area contributed by atoms with Gasteiger partial charge in [0.25, 0.3) is 0 Å². The van der Waals surface area contributed by atoms with Crippen molar-refractivity contribution < 1.29 is 19.8 Å². The Labute approximate surface area is 163 Å². The average molecular weight is 377 g/mol. The van der Waals surface area contributed by atoms with Crippen LogP contribution in [0.15, 0.2) is 54.6 Å². The van der Waals surface area contributed by atoms with Crippen molar-refractivity contribution in [3.8, 4) is 5.69 Å². The van der Waals surface area contributed by atoms with Crippen molar-refractivity contribution in [1.82, 2.24) is 4.57 Å². The molecule has 144 valence electrons. The summed E-state index contributed by atoms with van der Waals surface area (Å²) in [4.78, 5) is 22.8. The molecule has 0 bridgehead atoms. The minimum Gasteiger partial charge on any atom is -0.478 e. The first-order chi connectivity index (χ1) is 13.4. The van der Waals surface area contributed by atoms with Gasteiger partial charge in [0.05, 0.1) is 16.8 Å². The van der Waals surface area contributed by atoms with E-state index >= 15 is 0 Å². The Morgan fingerprint density at radius 1 is 0.821 bits per heavy atom. The summed E-state index contributed by atoms with van der Waals surface area (Å²) in [7, 11) is 0. The second kappa shape index (κ2) is 8.13. The van der Waals surface area contributed by atoms with Crippen LogP contribution >= 0.6 is 0 Å². The summed E-state index contributed by atoms with van der Waals surface area (Å²) in [5, 5.41) is 18.7. The third-order valence-corrected chi connectivity index (χ3v) is 4.91. The molecule has 1 aromatic heterocycles. The summed E-state index contributed by atoms with van der Waals surface area (Å²) in [6.07, 6.45) is 2.39. The number of carboxylic acid groups (broad SMARTS) is 2. The number of aryl methyl sites for hydroxylation is 4. The molecule has 0 aliphatic heterocycles. The molecule has 0 spiro atoms. The van der Waals surface area contributed by atoms with Gasteiger partial charge in [-0.1, -0.05) is 18.2 Å². The Morgan fingerprint density at radius 2 is 1.46 bits per heavy atom. The highest BCUT2D eigenvalue weighted by molar-refractivity contribution is 5.92. The molecule has 2 aromatic carbocycles. The molecule has 5 nitrogen and oxygen atoms in total. The Morgan fingerprint density at radius 3 is 2.07 bits per heavy atom. The van der Waals surface area contributed by atoms with E-state index < -0.39 is 11.9 Å². The van der Waals surface area contributed by atoms with Crippen molar-refractivity contribution in [3.05, 3.63) is 88.2 Å². The van der Waals surface area contributed by atoms with Crippen LogP contribution in [0.2, 0.25) is 0 Å². The number of benzene rings is 2. The molecule has 28 heavy (non-hydrogen) atoms. The van der Waals surface area contributed by atoms with Gasteiger partial charge in [-0.15, -0.1) is 0 Å². The maximum atomic E-state index is 11.7. The fourth-order valence-corrected chi connectivity index (χ4v) is 3.50. The van der Waals surface area contributed by atoms with Gasteiger partial charge in [0.15, 0.2) is 0 Å². The van der Waals surface area contributed by atoms with E-state index in [-0.39, 0.29) is 5.56 Å². The largest absolute Gasteiger partial charge is 0.478 e. The van der Waals surface area contributed by atoms with E-state index in [1.54, 1.807) is 24.3 Å². The zero-order valence-corrected chi connectivity index (χ0v) is 16.0. The molecule has 3 rings (SSSR count). The minimum atomic E-state index is -0.945. The number of aromatic nitrogens is 1. The van der Waals surface area contributed by atoms with Crippen LogP contribution in [0.25, 0.3) is 5.69 Å². The monoisotopic (exact) mass is 377 g/mol. The molecule has 5 heteroatoms. The van der Waals surface area contributed by atoms with Crippen molar-refractivity contribution in [2.45, 2.75) is 33.1 Å². The molecule has 1 heterocycles. The SMILES string of the molecule is Cc1ccc(C)n1-c1cc(CCCc2cccc(C(=O)O)c2)ccc1C(=O)O. The highest BCUT2D eigenvalue weighted by Crippen LogP contribution is 2.23. The van der Waals surface area contributed by atoms with Crippen molar-refractivity contribution in [2.24, 2.45) is 0 Å². The molecule has 0 fully saturated rings. The topological polar surface area (TPSA) is 79.5 Å². The summed E-state index contributed by atoms with van der Waals surface area (Å²) in [6.45, 7) is 3.92. The third-order valence-electron chi connectivity index (χ3n) is 4.91. The molecule has 0 radical (unpaired) electrons. The average Bonchev–Trinajstić information content (AvgIpc) is 3.00. The van der Waals surface area contributed by atoms with E-state index in [1.807, 2.05) is 48.7 Å². The Hall–Kier alpha value is -3.34. The first-order valence-corrected chi connectivity index (χ1v) is 9.20. The third kappa shape index (κ3) is 4.14. The number of aromatic carboxylic acids is 2. The summed E-state index contributed by atoms with van der Waals surface area (Å²) in [5.41, 5.74) is 5.27. The lowest BCUT2D eigenvalue weighted by Crippen LogP contribution is -2.08. The van der Waals surface area contributed by atoms with Crippen LogP contribution in [-0.4, -0.2) is 26.7 Å². The highest BCUT2D eigenvalue weighted by Gasteiger charge is 2.15. The van der Waals surface area contributed by atoms with Crippen LogP contribution in [0.5, 0.6) is 0 Å². The second-order valence-electron chi connectivity index (χ2n) is 6.97. The fraction of sp³-hybridized carbons (Fsp3) is 0.217. The van der Waals surface area contributed by atoms with Crippen molar-refractivity contribution in [3.63, 3.8) is 0 Å². The van der Waals surface area contributed by atoms with Gasteiger partial charge in [0.2, 0.25) is 0 Å². The van der Waals surface area contributed by atoms with Gasteiger partial charge in [-0.3, -0.25) is 0 Å². The van der Waals surface area contributed by atoms with Gasteiger partial charge in [-0.2, -0.15) is 0 Å². The number of carbonyl (C=O) groups is 2. The smallest absolute Gasteiger partial charge is 0.337 e. The Balaban J connectivity index is 1.80.